The van der Waals surface area contributed by atoms with Gasteiger partial charge in [0, 0.05) is 49.2 Å². The normalized spacial score (nSPS) is 11.2. The summed E-state index contributed by atoms with van der Waals surface area (Å²) in [5.41, 5.74) is 5.85. The van der Waals surface area contributed by atoms with Crippen LogP contribution in [0.3, 0.4) is 0 Å². The summed E-state index contributed by atoms with van der Waals surface area (Å²) in [7, 11) is 1.94. The molecule has 2 aromatic carbocycles. The summed E-state index contributed by atoms with van der Waals surface area (Å²) in [5.74, 6) is -0.125. The highest BCUT2D eigenvalue weighted by molar-refractivity contribution is 6.00. The van der Waals surface area contributed by atoms with E-state index in [0.717, 1.165) is 39.4 Å². The van der Waals surface area contributed by atoms with Gasteiger partial charge in [-0.05, 0) is 54.6 Å². The van der Waals surface area contributed by atoms with Crippen molar-refractivity contribution in [3.05, 3.63) is 102 Å². The van der Waals surface area contributed by atoms with Gasteiger partial charge >= 0.3 is 0 Å². The highest BCUT2D eigenvalue weighted by Crippen LogP contribution is 2.26. The number of hydrogen-bond acceptors (Lipinski definition) is 5. The molecular formula is C27H25N7O. The number of H-pyrrole nitrogens is 1. The molecule has 1 amide bonds. The van der Waals surface area contributed by atoms with Crippen molar-refractivity contribution in [2.24, 2.45) is 7.05 Å². The Morgan fingerprint density at radius 3 is 2.80 bits per heavy atom. The van der Waals surface area contributed by atoms with Crippen LogP contribution >= 0.6 is 0 Å². The quantitative estimate of drug-likeness (QED) is 0.313. The van der Waals surface area contributed by atoms with E-state index in [9.17, 15) is 4.79 Å². The Labute approximate surface area is 202 Å². The molecule has 5 aromatic rings. The molecule has 8 heteroatoms. The first kappa shape index (κ1) is 22.1. The number of pyridine rings is 1. The van der Waals surface area contributed by atoms with E-state index in [0.29, 0.717) is 18.5 Å². The minimum absolute atomic E-state index is 0.125. The highest BCUT2D eigenvalue weighted by atomic mass is 16.1. The van der Waals surface area contributed by atoms with E-state index < -0.39 is 0 Å². The summed E-state index contributed by atoms with van der Waals surface area (Å²) >= 11 is 0. The summed E-state index contributed by atoms with van der Waals surface area (Å²) in [4.78, 5) is 21.3. The third-order valence-electron chi connectivity index (χ3n) is 5.73. The second kappa shape index (κ2) is 10.0. The van der Waals surface area contributed by atoms with Gasteiger partial charge in [0.15, 0.2) is 0 Å². The minimum atomic E-state index is -0.125. The molecule has 0 bridgehead atoms. The van der Waals surface area contributed by atoms with Gasteiger partial charge in [-0.3, -0.25) is 14.9 Å². The standard InChI is InChI=1S/C27H25N7O/c1-34-18-28-17-21(34)13-15-30-27(35)23-7-2-3-8-24(23)31-20-9-11-22-25(32-33-26(22)16-20)12-10-19-6-4-5-14-29-19/h2-12,14,16-18,31H,13,15H2,1H3,(H,30,35)(H,32,33)/b12-10+. The van der Waals surface area contributed by atoms with Crippen molar-refractivity contribution >= 4 is 40.3 Å². The van der Waals surface area contributed by atoms with Crippen molar-refractivity contribution < 1.29 is 4.79 Å². The molecule has 0 saturated heterocycles. The number of aromatic amines is 1. The summed E-state index contributed by atoms with van der Waals surface area (Å²) in [5, 5.41) is 14.9. The molecular weight excluding hydrogens is 438 g/mol. The van der Waals surface area contributed by atoms with Gasteiger partial charge in [-0.25, -0.2) is 4.98 Å². The molecule has 0 fully saturated rings. The Morgan fingerprint density at radius 1 is 1.09 bits per heavy atom. The number of para-hydroxylation sites is 1. The number of benzene rings is 2. The van der Waals surface area contributed by atoms with Gasteiger partial charge in [-0.2, -0.15) is 5.10 Å². The SMILES string of the molecule is Cn1cncc1CCNC(=O)c1ccccc1Nc1ccc2c(/C=C/c3ccccn3)n[nH]c2c1. The maximum Gasteiger partial charge on any atom is 0.253 e. The van der Waals surface area contributed by atoms with Crippen molar-refractivity contribution in [2.45, 2.75) is 6.42 Å². The van der Waals surface area contributed by atoms with Crippen molar-refractivity contribution in [1.82, 2.24) is 30.0 Å². The lowest BCUT2D eigenvalue weighted by molar-refractivity contribution is 0.0955. The zero-order chi connectivity index (χ0) is 24.0. The second-order valence-corrected chi connectivity index (χ2v) is 8.13. The molecule has 0 unspecified atom stereocenters. The molecule has 35 heavy (non-hydrogen) atoms. The molecule has 0 aliphatic heterocycles. The van der Waals surface area contributed by atoms with Gasteiger partial charge in [0.2, 0.25) is 0 Å². The number of nitrogens with zero attached hydrogens (tertiary/aromatic N) is 4. The van der Waals surface area contributed by atoms with E-state index in [-0.39, 0.29) is 5.91 Å². The van der Waals surface area contributed by atoms with Crippen molar-refractivity contribution in [1.29, 1.82) is 0 Å². The average molecular weight is 464 g/mol. The van der Waals surface area contributed by atoms with Crippen LogP contribution in [0.5, 0.6) is 0 Å². The van der Waals surface area contributed by atoms with E-state index in [1.807, 2.05) is 90.6 Å². The maximum absolute atomic E-state index is 12.9. The number of aryl methyl sites for hydroxylation is 1. The molecule has 3 N–H and O–H groups in total. The molecule has 0 atom stereocenters. The molecule has 3 aromatic heterocycles. The number of aromatic nitrogens is 5. The number of carbonyl (C=O) groups is 1. The van der Waals surface area contributed by atoms with Crippen LogP contribution in [0.15, 0.2) is 79.4 Å². The summed E-state index contributed by atoms with van der Waals surface area (Å²) in [6.45, 7) is 0.529. The van der Waals surface area contributed by atoms with Crippen LogP contribution in [0.2, 0.25) is 0 Å². The van der Waals surface area contributed by atoms with E-state index in [1.165, 1.54) is 0 Å². The van der Waals surface area contributed by atoms with Crippen LogP contribution in [0.1, 0.15) is 27.4 Å². The molecule has 3 heterocycles. The average Bonchev–Trinajstić information content (AvgIpc) is 3.49. The molecule has 174 valence electrons. The van der Waals surface area contributed by atoms with Crippen LogP contribution in [0.25, 0.3) is 23.1 Å². The van der Waals surface area contributed by atoms with Crippen molar-refractivity contribution in [3.8, 4) is 0 Å². The molecule has 0 radical (unpaired) electrons. The molecule has 0 spiro atoms. The van der Waals surface area contributed by atoms with Crippen LogP contribution in [0.4, 0.5) is 11.4 Å². The summed E-state index contributed by atoms with van der Waals surface area (Å²) < 4.78 is 1.95. The third kappa shape index (κ3) is 5.11. The number of hydrogen-bond donors (Lipinski definition) is 3. The predicted molar refractivity (Wildman–Crippen MR) is 138 cm³/mol. The zero-order valence-electron chi connectivity index (χ0n) is 19.3. The molecule has 0 aliphatic rings. The lowest BCUT2D eigenvalue weighted by atomic mass is 10.1. The first-order chi connectivity index (χ1) is 17.2. The summed E-state index contributed by atoms with van der Waals surface area (Å²) in [6.07, 6.45) is 9.93. The fraction of sp³-hybridized carbons (Fsp3) is 0.111. The van der Waals surface area contributed by atoms with Crippen LogP contribution < -0.4 is 10.6 Å². The lowest BCUT2D eigenvalue weighted by Crippen LogP contribution is -2.26. The van der Waals surface area contributed by atoms with E-state index in [1.54, 1.807) is 12.5 Å². The maximum atomic E-state index is 12.9. The van der Waals surface area contributed by atoms with Crippen molar-refractivity contribution in [2.75, 3.05) is 11.9 Å². The number of nitrogens with one attached hydrogen (secondary N) is 3. The summed E-state index contributed by atoms with van der Waals surface area (Å²) in [6, 6.07) is 19.2. The fourth-order valence-electron chi connectivity index (χ4n) is 3.85. The lowest BCUT2D eigenvalue weighted by Gasteiger charge is -2.12. The Kier molecular flexibility index (Phi) is 6.34. The monoisotopic (exact) mass is 463 g/mol. The smallest absolute Gasteiger partial charge is 0.253 e. The molecule has 0 saturated carbocycles. The minimum Gasteiger partial charge on any atom is -0.355 e. The molecule has 8 nitrogen and oxygen atoms in total. The van der Waals surface area contributed by atoms with Crippen LogP contribution in [-0.2, 0) is 13.5 Å². The second-order valence-electron chi connectivity index (χ2n) is 8.13. The van der Waals surface area contributed by atoms with Crippen molar-refractivity contribution in [3.63, 3.8) is 0 Å². The first-order valence-electron chi connectivity index (χ1n) is 11.3. The number of imidazole rings is 1. The first-order valence-corrected chi connectivity index (χ1v) is 11.3. The van der Waals surface area contributed by atoms with E-state index in [2.05, 4.69) is 30.8 Å². The van der Waals surface area contributed by atoms with Gasteiger partial charge in [0.25, 0.3) is 5.91 Å². The van der Waals surface area contributed by atoms with Gasteiger partial charge in [0.1, 0.15) is 0 Å². The zero-order valence-corrected chi connectivity index (χ0v) is 19.3. The highest BCUT2D eigenvalue weighted by Gasteiger charge is 2.12. The predicted octanol–water partition coefficient (Wildman–Crippen LogP) is 4.58. The van der Waals surface area contributed by atoms with Crippen LogP contribution in [0, 0.1) is 0 Å². The number of anilines is 2. The number of amides is 1. The third-order valence-corrected chi connectivity index (χ3v) is 5.73. The van der Waals surface area contributed by atoms with Gasteiger partial charge in [0.05, 0.1) is 34.5 Å². The van der Waals surface area contributed by atoms with E-state index >= 15 is 0 Å². The number of rotatable bonds is 8. The Hall–Kier alpha value is -4.72. The largest absolute Gasteiger partial charge is 0.355 e. The van der Waals surface area contributed by atoms with Gasteiger partial charge in [-0.15, -0.1) is 0 Å². The van der Waals surface area contributed by atoms with Crippen LogP contribution in [-0.4, -0.2) is 37.2 Å². The topological polar surface area (TPSA) is 101 Å². The Morgan fingerprint density at radius 2 is 1.97 bits per heavy atom. The molecule has 5 rings (SSSR count). The van der Waals surface area contributed by atoms with Gasteiger partial charge < -0.3 is 15.2 Å². The van der Waals surface area contributed by atoms with E-state index in [4.69, 9.17) is 0 Å². The van der Waals surface area contributed by atoms with Gasteiger partial charge in [-0.1, -0.05) is 18.2 Å². The fourth-order valence-corrected chi connectivity index (χ4v) is 3.85. The molecule has 0 aliphatic carbocycles. The number of carbonyl (C=O) groups excluding carboxylic acids is 1. The Balaban J connectivity index is 1.29. The number of fused-ring (bicyclic) bond motifs is 1. The Bertz CT molecular complexity index is 1480.